The van der Waals surface area contributed by atoms with Gasteiger partial charge in [-0.05, 0) is 35.4 Å². The number of carbonyl (C=O) groups excluding carboxylic acids is 4. The maximum absolute atomic E-state index is 12.8. The molecule has 2 aromatic rings. The van der Waals surface area contributed by atoms with Gasteiger partial charge in [-0.1, -0.05) is 24.3 Å². The van der Waals surface area contributed by atoms with Gasteiger partial charge >= 0.3 is 11.9 Å². The van der Waals surface area contributed by atoms with Crippen LogP contribution in [0.3, 0.4) is 0 Å². The van der Waals surface area contributed by atoms with E-state index in [2.05, 4.69) is 10.6 Å². The number of anilines is 2. The van der Waals surface area contributed by atoms with E-state index in [1.54, 1.807) is 48.5 Å². The third kappa shape index (κ3) is 4.64. The first-order valence-corrected chi connectivity index (χ1v) is 10.2. The predicted octanol–water partition coefficient (Wildman–Crippen LogP) is 3.06. The van der Waals surface area contributed by atoms with Crippen LogP contribution in [-0.2, 0) is 28.7 Å². The van der Waals surface area contributed by atoms with E-state index >= 15 is 0 Å². The summed E-state index contributed by atoms with van der Waals surface area (Å²) in [5.74, 6) is -3.30. The Hall–Kier alpha value is -3.68. The highest BCUT2D eigenvalue weighted by Gasteiger charge is 2.59. The van der Waals surface area contributed by atoms with Crippen LogP contribution in [0.4, 0.5) is 11.4 Å². The maximum atomic E-state index is 12.8. The standard InChI is InChI=1S/C24H26N2O6/c1-13(27)25-17-9-5-15(6-10-17)19-21(23(29)31-3)20(22(19)24(30)32-4)16-7-11-18(12-8-16)26-14(2)28/h5-12,19-22H,1-4H3,(H,25,27)(H,26,28). The van der Waals surface area contributed by atoms with E-state index in [1.807, 2.05) is 0 Å². The van der Waals surface area contributed by atoms with Crippen molar-refractivity contribution in [2.75, 3.05) is 24.9 Å². The molecule has 1 fully saturated rings. The van der Waals surface area contributed by atoms with Crippen molar-refractivity contribution < 1.29 is 28.7 Å². The normalized spacial score (nSPS) is 21.6. The SMILES string of the molecule is COC(=O)C1C(c2ccc(NC(C)=O)cc2)C(C(=O)OC)C1c1ccc(NC(C)=O)cc1. The summed E-state index contributed by atoms with van der Waals surface area (Å²) in [5.41, 5.74) is 2.79. The zero-order chi connectivity index (χ0) is 23.4. The number of hydrogen-bond donors (Lipinski definition) is 2. The first kappa shape index (κ1) is 23.0. The first-order chi connectivity index (χ1) is 15.3. The molecule has 0 aromatic heterocycles. The van der Waals surface area contributed by atoms with Crippen LogP contribution in [0.25, 0.3) is 0 Å². The highest BCUT2D eigenvalue weighted by Crippen LogP contribution is 2.58. The van der Waals surface area contributed by atoms with Gasteiger partial charge in [0.1, 0.15) is 0 Å². The van der Waals surface area contributed by atoms with Crippen LogP contribution in [0.15, 0.2) is 48.5 Å². The molecule has 32 heavy (non-hydrogen) atoms. The summed E-state index contributed by atoms with van der Waals surface area (Å²) < 4.78 is 10.1. The quantitative estimate of drug-likeness (QED) is 0.671. The zero-order valence-electron chi connectivity index (χ0n) is 18.4. The number of ether oxygens (including phenoxy) is 2. The Bertz CT molecular complexity index is 924. The Balaban J connectivity index is 1.98. The molecule has 0 saturated heterocycles. The van der Waals surface area contributed by atoms with Crippen molar-refractivity contribution in [3.05, 3.63) is 59.7 Å². The number of rotatable bonds is 6. The molecule has 0 radical (unpaired) electrons. The van der Waals surface area contributed by atoms with Gasteiger partial charge in [-0.3, -0.25) is 19.2 Å². The molecule has 0 unspecified atom stereocenters. The van der Waals surface area contributed by atoms with Gasteiger partial charge in [-0.2, -0.15) is 0 Å². The Kier molecular flexibility index (Phi) is 6.92. The van der Waals surface area contributed by atoms with E-state index in [0.29, 0.717) is 11.4 Å². The van der Waals surface area contributed by atoms with E-state index < -0.39 is 35.6 Å². The van der Waals surface area contributed by atoms with Crippen LogP contribution >= 0.6 is 0 Å². The fourth-order valence-corrected chi connectivity index (χ4v) is 4.42. The van der Waals surface area contributed by atoms with Gasteiger partial charge in [0.05, 0.1) is 26.1 Å². The van der Waals surface area contributed by atoms with E-state index in [4.69, 9.17) is 9.47 Å². The number of nitrogens with one attached hydrogen (secondary N) is 2. The van der Waals surface area contributed by atoms with Crippen molar-refractivity contribution in [2.24, 2.45) is 11.8 Å². The molecular formula is C24H26N2O6. The summed E-state index contributed by atoms with van der Waals surface area (Å²) in [6.45, 7) is 2.84. The second kappa shape index (κ2) is 9.64. The molecule has 3 rings (SSSR count). The second-order valence-corrected chi connectivity index (χ2v) is 7.76. The number of carbonyl (C=O) groups is 4. The van der Waals surface area contributed by atoms with Crippen molar-refractivity contribution in [1.29, 1.82) is 0 Å². The lowest BCUT2D eigenvalue weighted by atomic mass is 9.52. The van der Waals surface area contributed by atoms with Gasteiger partial charge in [0, 0.05) is 37.1 Å². The van der Waals surface area contributed by atoms with Gasteiger partial charge in [0.2, 0.25) is 11.8 Å². The average molecular weight is 438 g/mol. The van der Waals surface area contributed by atoms with E-state index in [9.17, 15) is 19.2 Å². The first-order valence-electron chi connectivity index (χ1n) is 10.2. The number of amides is 2. The molecule has 1 saturated carbocycles. The lowest BCUT2D eigenvalue weighted by molar-refractivity contribution is -0.164. The lowest BCUT2D eigenvalue weighted by Gasteiger charge is -2.49. The van der Waals surface area contributed by atoms with Gasteiger partial charge in [-0.25, -0.2) is 0 Å². The smallest absolute Gasteiger partial charge is 0.309 e. The molecule has 1 aliphatic rings. The van der Waals surface area contributed by atoms with Crippen LogP contribution in [0.1, 0.15) is 36.8 Å². The van der Waals surface area contributed by atoms with Crippen molar-refractivity contribution in [3.8, 4) is 0 Å². The molecular weight excluding hydrogens is 412 g/mol. The van der Waals surface area contributed by atoms with Gasteiger partial charge in [0.25, 0.3) is 0 Å². The minimum Gasteiger partial charge on any atom is -0.469 e. The van der Waals surface area contributed by atoms with Crippen molar-refractivity contribution in [1.82, 2.24) is 0 Å². The molecule has 8 heteroatoms. The Morgan fingerprint density at radius 1 is 0.625 bits per heavy atom. The highest BCUT2D eigenvalue weighted by atomic mass is 16.5. The van der Waals surface area contributed by atoms with Crippen LogP contribution < -0.4 is 10.6 Å². The fraction of sp³-hybridized carbons (Fsp3) is 0.333. The molecule has 168 valence electrons. The van der Waals surface area contributed by atoms with Gasteiger partial charge in [0.15, 0.2) is 0 Å². The van der Waals surface area contributed by atoms with Gasteiger partial charge < -0.3 is 20.1 Å². The van der Waals surface area contributed by atoms with Crippen molar-refractivity contribution in [2.45, 2.75) is 25.7 Å². The van der Waals surface area contributed by atoms with Crippen LogP contribution in [0, 0.1) is 11.8 Å². The second-order valence-electron chi connectivity index (χ2n) is 7.76. The zero-order valence-corrected chi connectivity index (χ0v) is 18.4. The number of hydrogen-bond acceptors (Lipinski definition) is 6. The topological polar surface area (TPSA) is 111 Å². The lowest BCUT2D eigenvalue weighted by Crippen LogP contribution is -2.51. The minimum atomic E-state index is -0.595. The van der Waals surface area contributed by atoms with Gasteiger partial charge in [-0.15, -0.1) is 0 Å². The molecule has 0 bridgehead atoms. The third-order valence-corrected chi connectivity index (χ3v) is 5.73. The summed E-state index contributed by atoms with van der Waals surface area (Å²) in [4.78, 5) is 48.1. The van der Waals surface area contributed by atoms with Crippen LogP contribution in [0.2, 0.25) is 0 Å². The third-order valence-electron chi connectivity index (χ3n) is 5.73. The van der Waals surface area contributed by atoms with Crippen molar-refractivity contribution in [3.63, 3.8) is 0 Å². The minimum absolute atomic E-state index is 0.191. The number of methoxy groups -OCH3 is 2. The van der Waals surface area contributed by atoms with E-state index in [0.717, 1.165) is 11.1 Å². The number of benzene rings is 2. The van der Waals surface area contributed by atoms with Crippen molar-refractivity contribution >= 4 is 35.1 Å². The molecule has 0 atom stereocenters. The molecule has 0 spiro atoms. The van der Waals surface area contributed by atoms with E-state index in [1.165, 1.54) is 28.1 Å². The molecule has 2 aromatic carbocycles. The Labute approximate surface area is 186 Å². The summed E-state index contributed by atoms with van der Waals surface area (Å²) in [5, 5.41) is 5.40. The molecule has 1 aliphatic carbocycles. The monoisotopic (exact) mass is 438 g/mol. The molecule has 0 aliphatic heterocycles. The Morgan fingerprint density at radius 3 is 1.19 bits per heavy atom. The van der Waals surface area contributed by atoms with E-state index in [-0.39, 0.29) is 11.8 Å². The summed E-state index contributed by atoms with van der Waals surface area (Å²) in [7, 11) is 2.64. The molecule has 2 amide bonds. The maximum Gasteiger partial charge on any atom is 0.309 e. The number of esters is 2. The van der Waals surface area contributed by atoms with Crippen LogP contribution in [-0.4, -0.2) is 38.0 Å². The summed E-state index contributed by atoms with van der Waals surface area (Å²) in [6.07, 6.45) is 0. The average Bonchev–Trinajstić information content (AvgIpc) is 2.74. The summed E-state index contributed by atoms with van der Waals surface area (Å²) >= 11 is 0. The fourth-order valence-electron chi connectivity index (χ4n) is 4.42. The molecule has 8 nitrogen and oxygen atoms in total. The largest absolute Gasteiger partial charge is 0.469 e. The summed E-state index contributed by atoms with van der Waals surface area (Å²) in [6, 6.07) is 14.1. The highest BCUT2D eigenvalue weighted by molar-refractivity contribution is 5.89. The molecule has 0 heterocycles. The molecule has 2 N–H and O–H groups in total. The predicted molar refractivity (Wildman–Crippen MR) is 118 cm³/mol. The van der Waals surface area contributed by atoms with Crippen LogP contribution in [0.5, 0.6) is 0 Å². The Morgan fingerprint density at radius 2 is 0.938 bits per heavy atom.